The molecule has 0 saturated carbocycles. The lowest BCUT2D eigenvalue weighted by Gasteiger charge is -2.21. The first kappa shape index (κ1) is 11.0. The monoisotopic (exact) mass is 213 g/mol. The zero-order chi connectivity index (χ0) is 11.5. The molecule has 2 N–H and O–H groups in total. The van der Waals surface area contributed by atoms with Crippen LogP contribution in [0.15, 0.2) is 47.7 Å². The maximum atomic E-state index is 6.27. The fraction of sp³-hybridized carbons (Fsp3) is 0.333. The lowest BCUT2D eigenvalue weighted by Crippen LogP contribution is -2.12. The molecule has 0 bridgehead atoms. The molecule has 0 amide bonds. The lowest BCUT2D eigenvalue weighted by atomic mass is 9.86. The lowest BCUT2D eigenvalue weighted by molar-refractivity contribution is 0.756. The molecule has 0 unspecified atom stereocenters. The Hall–Kier alpha value is -1.50. The first-order chi connectivity index (χ1) is 7.70. The van der Waals surface area contributed by atoms with Crippen molar-refractivity contribution >= 4 is 5.57 Å². The van der Waals surface area contributed by atoms with Gasteiger partial charge in [-0.25, -0.2) is 0 Å². The third-order valence-electron chi connectivity index (χ3n) is 3.14. The Morgan fingerprint density at radius 3 is 2.44 bits per heavy atom. The SMILES string of the molecule is CC(C)C1=CCCC(c2ccccc2)=C1N. The third-order valence-corrected chi connectivity index (χ3v) is 3.14. The van der Waals surface area contributed by atoms with Crippen LogP contribution in [0.25, 0.3) is 5.57 Å². The quantitative estimate of drug-likeness (QED) is 0.795. The van der Waals surface area contributed by atoms with Gasteiger partial charge in [0.05, 0.1) is 0 Å². The summed E-state index contributed by atoms with van der Waals surface area (Å²) < 4.78 is 0. The molecule has 1 aromatic carbocycles. The topological polar surface area (TPSA) is 26.0 Å². The second kappa shape index (κ2) is 4.56. The van der Waals surface area contributed by atoms with Crippen molar-refractivity contribution < 1.29 is 0 Å². The summed E-state index contributed by atoms with van der Waals surface area (Å²) in [6.07, 6.45) is 4.46. The van der Waals surface area contributed by atoms with E-state index in [-0.39, 0.29) is 0 Å². The van der Waals surface area contributed by atoms with E-state index >= 15 is 0 Å². The summed E-state index contributed by atoms with van der Waals surface area (Å²) in [4.78, 5) is 0. The first-order valence-electron chi connectivity index (χ1n) is 5.94. The molecule has 0 spiro atoms. The van der Waals surface area contributed by atoms with Gasteiger partial charge in [-0.05, 0) is 35.5 Å². The number of benzene rings is 1. The van der Waals surface area contributed by atoms with Crippen LogP contribution in [-0.2, 0) is 0 Å². The zero-order valence-corrected chi connectivity index (χ0v) is 10.0. The van der Waals surface area contributed by atoms with Gasteiger partial charge in [-0.15, -0.1) is 0 Å². The van der Waals surface area contributed by atoms with Gasteiger partial charge in [0.2, 0.25) is 0 Å². The van der Waals surface area contributed by atoms with Gasteiger partial charge in [-0.2, -0.15) is 0 Å². The van der Waals surface area contributed by atoms with Gasteiger partial charge in [-0.1, -0.05) is 50.3 Å². The molecule has 0 aliphatic heterocycles. The van der Waals surface area contributed by atoms with Crippen molar-refractivity contribution in [3.63, 3.8) is 0 Å². The molecule has 1 aliphatic rings. The summed E-state index contributed by atoms with van der Waals surface area (Å²) in [6, 6.07) is 10.5. The predicted molar refractivity (Wildman–Crippen MR) is 69.7 cm³/mol. The van der Waals surface area contributed by atoms with E-state index in [0.29, 0.717) is 5.92 Å². The molecule has 16 heavy (non-hydrogen) atoms. The van der Waals surface area contributed by atoms with Gasteiger partial charge in [0.15, 0.2) is 0 Å². The molecule has 2 rings (SSSR count). The Bertz CT molecular complexity index is 424. The summed E-state index contributed by atoms with van der Waals surface area (Å²) in [5.74, 6) is 0.513. The average Bonchev–Trinajstić information content (AvgIpc) is 2.30. The Morgan fingerprint density at radius 1 is 1.12 bits per heavy atom. The summed E-state index contributed by atoms with van der Waals surface area (Å²) in [6.45, 7) is 4.40. The highest BCUT2D eigenvalue weighted by atomic mass is 14.6. The van der Waals surface area contributed by atoms with Gasteiger partial charge >= 0.3 is 0 Å². The summed E-state index contributed by atoms with van der Waals surface area (Å²) >= 11 is 0. The van der Waals surface area contributed by atoms with Crippen LogP contribution in [0.2, 0.25) is 0 Å². The second-order valence-corrected chi connectivity index (χ2v) is 4.61. The predicted octanol–water partition coefficient (Wildman–Crippen LogP) is 3.73. The second-order valence-electron chi connectivity index (χ2n) is 4.61. The van der Waals surface area contributed by atoms with Crippen LogP contribution in [0.3, 0.4) is 0 Å². The summed E-state index contributed by atoms with van der Waals surface area (Å²) in [5, 5.41) is 0. The van der Waals surface area contributed by atoms with E-state index in [4.69, 9.17) is 5.73 Å². The van der Waals surface area contributed by atoms with Gasteiger partial charge in [0.25, 0.3) is 0 Å². The molecule has 1 aromatic rings. The fourth-order valence-electron chi connectivity index (χ4n) is 2.28. The van der Waals surface area contributed by atoms with E-state index in [1.165, 1.54) is 16.7 Å². The van der Waals surface area contributed by atoms with Crippen LogP contribution in [0.5, 0.6) is 0 Å². The van der Waals surface area contributed by atoms with Gasteiger partial charge in [0, 0.05) is 5.70 Å². The van der Waals surface area contributed by atoms with E-state index in [0.717, 1.165) is 18.5 Å². The van der Waals surface area contributed by atoms with Crippen molar-refractivity contribution in [1.82, 2.24) is 0 Å². The van der Waals surface area contributed by atoms with Crippen molar-refractivity contribution in [1.29, 1.82) is 0 Å². The maximum absolute atomic E-state index is 6.27. The maximum Gasteiger partial charge on any atom is 0.0384 e. The van der Waals surface area contributed by atoms with E-state index < -0.39 is 0 Å². The Kier molecular flexibility index (Phi) is 3.14. The van der Waals surface area contributed by atoms with Crippen molar-refractivity contribution in [3.8, 4) is 0 Å². The minimum Gasteiger partial charge on any atom is -0.398 e. The van der Waals surface area contributed by atoms with E-state index in [9.17, 15) is 0 Å². The molecular formula is C15H19N. The molecule has 1 aliphatic carbocycles. The zero-order valence-electron chi connectivity index (χ0n) is 10.0. The number of nitrogens with two attached hydrogens (primary N) is 1. The number of hydrogen-bond donors (Lipinski definition) is 1. The van der Waals surface area contributed by atoms with Crippen LogP contribution in [-0.4, -0.2) is 0 Å². The molecule has 0 fully saturated rings. The minimum atomic E-state index is 0.513. The van der Waals surface area contributed by atoms with Crippen LogP contribution < -0.4 is 5.73 Å². The van der Waals surface area contributed by atoms with E-state index in [2.05, 4.69) is 44.2 Å². The number of hydrogen-bond acceptors (Lipinski definition) is 1. The number of allylic oxidation sites excluding steroid dienone is 3. The molecule has 0 saturated heterocycles. The Labute approximate surface area is 97.7 Å². The highest BCUT2D eigenvalue weighted by Gasteiger charge is 2.16. The molecule has 1 nitrogen and oxygen atoms in total. The molecule has 84 valence electrons. The normalized spacial score (nSPS) is 16.6. The van der Waals surface area contributed by atoms with E-state index in [1.807, 2.05) is 6.07 Å². The van der Waals surface area contributed by atoms with Crippen molar-refractivity contribution in [2.24, 2.45) is 11.7 Å². The molecule has 0 aromatic heterocycles. The van der Waals surface area contributed by atoms with Gasteiger partial charge < -0.3 is 5.73 Å². The van der Waals surface area contributed by atoms with Crippen LogP contribution in [0.4, 0.5) is 0 Å². The van der Waals surface area contributed by atoms with Crippen molar-refractivity contribution in [2.45, 2.75) is 26.7 Å². The van der Waals surface area contributed by atoms with Gasteiger partial charge in [0.1, 0.15) is 0 Å². The molecule has 1 heteroatoms. The molecule has 0 heterocycles. The molecule has 0 radical (unpaired) electrons. The van der Waals surface area contributed by atoms with Crippen molar-refractivity contribution in [2.75, 3.05) is 0 Å². The van der Waals surface area contributed by atoms with Gasteiger partial charge in [-0.3, -0.25) is 0 Å². The molecular weight excluding hydrogens is 194 g/mol. The fourth-order valence-corrected chi connectivity index (χ4v) is 2.28. The van der Waals surface area contributed by atoms with Crippen LogP contribution in [0, 0.1) is 5.92 Å². The first-order valence-corrected chi connectivity index (χ1v) is 5.94. The minimum absolute atomic E-state index is 0.513. The number of rotatable bonds is 2. The average molecular weight is 213 g/mol. The van der Waals surface area contributed by atoms with Crippen molar-refractivity contribution in [3.05, 3.63) is 53.2 Å². The van der Waals surface area contributed by atoms with Crippen LogP contribution in [0.1, 0.15) is 32.3 Å². The van der Waals surface area contributed by atoms with E-state index in [1.54, 1.807) is 0 Å². The largest absolute Gasteiger partial charge is 0.398 e. The Balaban J connectivity index is 2.42. The van der Waals surface area contributed by atoms with Crippen LogP contribution >= 0.6 is 0 Å². The summed E-state index contributed by atoms with van der Waals surface area (Å²) in [5.41, 5.74) is 11.2. The standard InChI is InChI=1S/C15H19N/c1-11(2)13-9-6-10-14(15(13)16)12-7-4-3-5-8-12/h3-5,7-9,11H,6,10,16H2,1-2H3. The third kappa shape index (κ3) is 2.04. The highest BCUT2D eigenvalue weighted by molar-refractivity contribution is 5.73. The summed E-state index contributed by atoms with van der Waals surface area (Å²) in [7, 11) is 0. The Morgan fingerprint density at radius 2 is 1.81 bits per heavy atom. The highest BCUT2D eigenvalue weighted by Crippen LogP contribution is 2.32. The smallest absolute Gasteiger partial charge is 0.0384 e. The molecule has 0 atom stereocenters.